The molecule has 0 aliphatic carbocycles. The Morgan fingerprint density at radius 2 is 2.08 bits per heavy atom. The molecule has 2 atom stereocenters. The summed E-state index contributed by atoms with van der Waals surface area (Å²) in [7, 11) is 3.14. The van der Waals surface area contributed by atoms with Gasteiger partial charge in [-0.1, -0.05) is 0 Å². The van der Waals surface area contributed by atoms with Crippen molar-refractivity contribution in [2.24, 2.45) is 0 Å². The molecule has 0 radical (unpaired) electrons. The van der Waals surface area contributed by atoms with Crippen molar-refractivity contribution in [2.45, 2.75) is 18.5 Å². The molecule has 0 unspecified atom stereocenters. The van der Waals surface area contributed by atoms with E-state index in [4.69, 9.17) is 4.98 Å². The van der Waals surface area contributed by atoms with Crippen LogP contribution in [-0.4, -0.2) is 94.2 Å². The third-order valence-electron chi connectivity index (χ3n) is 4.84. The molecule has 3 heterocycles. The Morgan fingerprint density at radius 1 is 1.28 bits per heavy atom. The number of nitrogens with one attached hydrogen (secondary N) is 1. The van der Waals surface area contributed by atoms with Gasteiger partial charge in [-0.3, -0.25) is 0 Å². The van der Waals surface area contributed by atoms with E-state index in [2.05, 4.69) is 39.1 Å². The van der Waals surface area contributed by atoms with E-state index >= 15 is 0 Å². The molecule has 0 bridgehead atoms. The average molecular weight is 369 g/mol. The van der Waals surface area contributed by atoms with E-state index in [9.17, 15) is 8.42 Å². The van der Waals surface area contributed by atoms with E-state index in [1.807, 2.05) is 13.1 Å². The molecule has 8 nitrogen and oxygen atoms in total. The Hall–Kier alpha value is -1.45. The van der Waals surface area contributed by atoms with Crippen LogP contribution < -0.4 is 15.1 Å². The van der Waals surface area contributed by atoms with Crippen LogP contribution in [0.15, 0.2) is 12.3 Å². The number of hydrogen-bond donors (Lipinski definition) is 1. The molecule has 1 N–H and O–H groups in total. The first kappa shape index (κ1) is 18.3. The smallest absolute Gasteiger partial charge is 0.226 e. The highest BCUT2D eigenvalue weighted by molar-refractivity contribution is 7.91. The maximum Gasteiger partial charge on any atom is 0.226 e. The molecule has 0 amide bonds. The molecular formula is C16H28N6O2S. The predicted octanol–water partition coefficient (Wildman–Crippen LogP) is -0.560. The van der Waals surface area contributed by atoms with Crippen LogP contribution in [0.2, 0.25) is 0 Å². The maximum atomic E-state index is 12.0. The molecule has 2 aliphatic rings. The summed E-state index contributed by atoms with van der Waals surface area (Å²) in [5, 5.41) is 3.33. The number of anilines is 2. The summed E-state index contributed by atoms with van der Waals surface area (Å²) >= 11 is 0. The summed E-state index contributed by atoms with van der Waals surface area (Å²) in [5.41, 5.74) is 0. The van der Waals surface area contributed by atoms with Crippen LogP contribution in [0.3, 0.4) is 0 Å². The predicted molar refractivity (Wildman–Crippen MR) is 100 cm³/mol. The molecule has 0 spiro atoms. The molecule has 2 fully saturated rings. The Kier molecular flexibility index (Phi) is 5.45. The van der Waals surface area contributed by atoms with Crippen LogP contribution in [0.1, 0.15) is 6.42 Å². The first-order chi connectivity index (χ1) is 11.9. The van der Waals surface area contributed by atoms with Gasteiger partial charge in [0.2, 0.25) is 5.95 Å². The Morgan fingerprint density at radius 3 is 2.84 bits per heavy atom. The van der Waals surface area contributed by atoms with Crippen LogP contribution in [0, 0.1) is 0 Å². The van der Waals surface area contributed by atoms with Gasteiger partial charge in [-0.2, -0.15) is 4.98 Å². The number of hydrogen-bond acceptors (Lipinski definition) is 8. The molecular weight excluding hydrogens is 340 g/mol. The van der Waals surface area contributed by atoms with Crippen molar-refractivity contribution in [3.63, 3.8) is 0 Å². The van der Waals surface area contributed by atoms with Gasteiger partial charge >= 0.3 is 0 Å². The van der Waals surface area contributed by atoms with Crippen LogP contribution in [-0.2, 0) is 9.84 Å². The van der Waals surface area contributed by atoms with E-state index in [0.29, 0.717) is 5.95 Å². The lowest BCUT2D eigenvalue weighted by Crippen LogP contribution is -2.57. The Balaban J connectivity index is 1.72. The van der Waals surface area contributed by atoms with Crippen molar-refractivity contribution in [3.05, 3.63) is 12.3 Å². The van der Waals surface area contributed by atoms with Crippen molar-refractivity contribution in [2.75, 3.05) is 68.6 Å². The summed E-state index contributed by atoms with van der Waals surface area (Å²) in [4.78, 5) is 15.4. The topological polar surface area (TPSA) is 81.7 Å². The third-order valence-corrected chi connectivity index (χ3v) is 6.56. The summed E-state index contributed by atoms with van der Waals surface area (Å²) in [6.45, 7) is 3.43. The Bertz CT molecular complexity index is 696. The molecule has 140 valence electrons. The van der Waals surface area contributed by atoms with E-state index in [-0.39, 0.29) is 23.6 Å². The normalized spacial score (nSPS) is 25.2. The number of nitrogens with zero attached hydrogens (tertiary/aromatic N) is 5. The minimum absolute atomic E-state index is 0.00464. The molecule has 3 rings (SSSR count). The zero-order valence-electron chi connectivity index (χ0n) is 15.2. The van der Waals surface area contributed by atoms with E-state index in [1.165, 1.54) is 0 Å². The molecule has 0 aromatic carbocycles. The van der Waals surface area contributed by atoms with Gasteiger partial charge in [-0.25, -0.2) is 13.4 Å². The molecule has 0 saturated carbocycles. The van der Waals surface area contributed by atoms with E-state index < -0.39 is 9.84 Å². The van der Waals surface area contributed by atoms with Crippen LogP contribution in [0.5, 0.6) is 0 Å². The van der Waals surface area contributed by atoms with Crippen molar-refractivity contribution < 1.29 is 8.42 Å². The highest BCUT2D eigenvalue weighted by Crippen LogP contribution is 2.26. The third kappa shape index (κ3) is 4.39. The summed E-state index contributed by atoms with van der Waals surface area (Å²) in [6.07, 6.45) is 2.80. The second-order valence-corrected chi connectivity index (χ2v) is 9.35. The zero-order valence-corrected chi connectivity index (χ0v) is 16.0. The quantitative estimate of drug-likeness (QED) is 0.716. The molecule has 9 heteroatoms. The van der Waals surface area contributed by atoms with Gasteiger partial charge in [0.15, 0.2) is 9.84 Å². The minimum atomic E-state index is -2.98. The molecule has 1 aromatic heterocycles. The van der Waals surface area contributed by atoms with Crippen molar-refractivity contribution >= 4 is 21.6 Å². The van der Waals surface area contributed by atoms with Crippen molar-refractivity contribution in [1.29, 1.82) is 0 Å². The fourth-order valence-electron chi connectivity index (χ4n) is 3.56. The second kappa shape index (κ2) is 7.43. The highest BCUT2D eigenvalue weighted by Gasteiger charge is 2.43. The van der Waals surface area contributed by atoms with Gasteiger partial charge in [-0.15, -0.1) is 0 Å². The minimum Gasteiger partial charge on any atom is -0.350 e. The maximum absolute atomic E-state index is 12.0. The standard InChI is InChI=1S/C16H28N6O2S/c1-20(2)8-4-9-21(3)16-18-6-5-15(19-16)22-10-7-17-13-11-25(23,24)12-14(13)22/h5-6,13-14,17H,4,7-12H2,1-3H3/t13-,14+/m0/s1. The SMILES string of the molecule is CN(C)CCCN(C)c1nccc(N2CCN[C@H]3CS(=O)(=O)C[C@H]32)n1. The summed E-state index contributed by atoms with van der Waals surface area (Å²) < 4.78 is 24.0. The highest BCUT2D eigenvalue weighted by atomic mass is 32.2. The largest absolute Gasteiger partial charge is 0.350 e. The zero-order chi connectivity index (χ0) is 18.0. The number of rotatable bonds is 6. The van der Waals surface area contributed by atoms with Crippen molar-refractivity contribution in [1.82, 2.24) is 20.2 Å². The summed E-state index contributed by atoms with van der Waals surface area (Å²) in [5.74, 6) is 1.92. The number of piperazine rings is 1. The Labute approximate surface area is 150 Å². The van der Waals surface area contributed by atoms with Gasteiger partial charge in [0.25, 0.3) is 0 Å². The molecule has 2 saturated heterocycles. The molecule has 1 aromatic rings. The van der Waals surface area contributed by atoms with Crippen LogP contribution in [0.4, 0.5) is 11.8 Å². The van der Waals surface area contributed by atoms with Crippen LogP contribution >= 0.6 is 0 Å². The van der Waals surface area contributed by atoms with Gasteiger partial charge in [0, 0.05) is 38.9 Å². The lowest BCUT2D eigenvalue weighted by Gasteiger charge is -2.38. The monoisotopic (exact) mass is 368 g/mol. The number of sulfone groups is 1. The van der Waals surface area contributed by atoms with Gasteiger partial charge in [0.1, 0.15) is 5.82 Å². The molecule has 25 heavy (non-hydrogen) atoms. The van der Waals surface area contributed by atoms with E-state index in [1.54, 1.807) is 6.20 Å². The summed E-state index contributed by atoms with van der Waals surface area (Å²) in [6, 6.07) is 1.83. The van der Waals surface area contributed by atoms with E-state index in [0.717, 1.165) is 38.4 Å². The first-order valence-electron chi connectivity index (χ1n) is 8.75. The van der Waals surface area contributed by atoms with Gasteiger partial charge < -0.3 is 20.0 Å². The number of fused-ring (bicyclic) bond motifs is 1. The lowest BCUT2D eigenvalue weighted by molar-refractivity contribution is 0.401. The average Bonchev–Trinajstić information content (AvgIpc) is 2.88. The van der Waals surface area contributed by atoms with Gasteiger partial charge in [0.05, 0.1) is 17.5 Å². The second-order valence-electron chi connectivity index (χ2n) is 7.19. The molecule has 2 aliphatic heterocycles. The van der Waals surface area contributed by atoms with Crippen molar-refractivity contribution in [3.8, 4) is 0 Å². The van der Waals surface area contributed by atoms with Gasteiger partial charge in [-0.05, 0) is 33.1 Å². The number of aromatic nitrogens is 2. The fourth-order valence-corrected chi connectivity index (χ4v) is 5.51. The first-order valence-corrected chi connectivity index (χ1v) is 10.6. The lowest BCUT2D eigenvalue weighted by atomic mass is 10.1. The fraction of sp³-hybridized carbons (Fsp3) is 0.750. The van der Waals surface area contributed by atoms with Crippen LogP contribution in [0.25, 0.3) is 0 Å².